The van der Waals surface area contributed by atoms with Gasteiger partial charge in [0.05, 0.1) is 16.4 Å². The highest BCUT2D eigenvalue weighted by Gasteiger charge is 2.56. The second-order valence-electron chi connectivity index (χ2n) is 8.08. The summed E-state index contributed by atoms with van der Waals surface area (Å²) < 4.78 is 12.9. The molecule has 4 aliphatic rings. The Morgan fingerprint density at radius 3 is 2.48 bits per heavy atom. The van der Waals surface area contributed by atoms with E-state index in [2.05, 4.69) is 40.5 Å². The van der Waals surface area contributed by atoms with Crippen molar-refractivity contribution in [3.05, 3.63) is 10.5 Å². The van der Waals surface area contributed by atoms with E-state index in [-0.39, 0.29) is 11.7 Å². The number of carbonyl (C=O) groups excluding carboxylic acids is 1. The Labute approximate surface area is 146 Å². The first kappa shape index (κ1) is 15.7. The molecule has 0 unspecified atom stereocenters. The quantitative estimate of drug-likeness (QED) is 0.718. The summed E-state index contributed by atoms with van der Waals surface area (Å²) in [6.07, 6.45) is 1.99. The van der Waals surface area contributed by atoms with Crippen LogP contribution in [0.15, 0.2) is 15.0 Å². The molecule has 1 spiro atoms. The number of halogens is 1. The average Bonchev–Trinajstić information content (AvgIpc) is 3.01. The fourth-order valence-corrected chi connectivity index (χ4v) is 7.44. The molecule has 4 fully saturated rings. The molecule has 23 heavy (non-hydrogen) atoms. The van der Waals surface area contributed by atoms with Gasteiger partial charge >= 0.3 is 6.09 Å². The van der Waals surface area contributed by atoms with Crippen LogP contribution in [0.3, 0.4) is 0 Å². The van der Waals surface area contributed by atoms with Crippen LogP contribution >= 0.6 is 15.9 Å². The van der Waals surface area contributed by atoms with E-state index >= 15 is 0 Å². The number of carbonyl (C=O) groups is 1. The summed E-state index contributed by atoms with van der Waals surface area (Å²) >= 11 is 3.59. The van der Waals surface area contributed by atoms with Gasteiger partial charge in [0.2, 0.25) is 5.88 Å². The SMILES string of the molecule is C[Si](C)(C)c1oc(N2C[C@]3(CN4CCC3CC4)OC2=O)cc1Br. The van der Waals surface area contributed by atoms with Crippen LogP contribution in [0.2, 0.25) is 19.6 Å². The van der Waals surface area contributed by atoms with Crippen molar-refractivity contribution >= 4 is 41.4 Å². The predicted molar refractivity (Wildman–Crippen MR) is 95.1 cm³/mol. The minimum atomic E-state index is -1.59. The summed E-state index contributed by atoms with van der Waals surface area (Å²) in [7, 11) is -1.59. The lowest BCUT2D eigenvalue weighted by atomic mass is 9.75. The van der Waals surface area contributed by atoms with Crippen molar-refractivity contribution in [1.29, 1.82) is 0 Å². The summed E-state index contributed by atoms with van der Waals surface area (Å²) in [5.41, 5.74) is -0.341. The molecular weight excluding hydrogens is 376 g/mol. The van der Waals surface area contributed by atoms with Gasteiger partial charge < -0.3 is 9.15 Å². The Balaban J connectivity index is 1.63. The molecule has 4 saturated heterocycles. The minimum Gasteiger partial charge on any atom is -0.449 e. The lowest BCUT2D eigenvalue weighted by molar-refractivity contribution is -0.0881. The number of nitrogens with zero attached hydrogens (tertiary/aromatic N) is 2. The second-order valence-corrected chi connectivity index (χ2v) is 13.9. The van der Waals surface area contributed by atoms with Crippen molar-refractivity contribution in [3.8, 4) is 0 Å². The first-order valence-corrected chi connectivity index (χ1v) is 12.6. The van der Waals surface area contributed by atoms with Crippen LogP contribution in [-0.2, 0) is 4.74 Å². The first-order chi connectivity index (χ1) is 10.8. The minimum absolute atomic E-state index is 0.262. The van der Waals surface area contributed by atoms with Gasteiger partial charge in [-0.05, 0) is 41.9 Å². The Bertz CT molecular complexity index is 648. The van der Waals surface area contributed by atoms with Crippen LogP contribution in [0.25, 0.3) is 0 Å². The lowest BCUT2D eigenvalue weighted by Crippen LogP contribution is -2.61. The third-order valence-electron chi connectivity index (χ3n) is 5.38. The van der Waals surface area contributed by atoms with Gasteiger partial charge in [-0.15, -0.1) is 0 Å². The standard InChI is InChI=1S/C16H23BrN2O3Si/c1-23(2,3)14-12(17)8-13(21-14)19-10-16(22-15(19)20)9-18-6-4-11(16)5-7-18/h8,11H,4-7,9-10H2,1-3H3/t16-/m0/s1. The molecule has 5 nitrogen and oxygen atoms in total. The van der Waals surface area contributed by atoms with E-state index in [1.165, 1.54) is 0 Å². The van der Waals surface area contributed by atoms with Gasteiger partial charge in [0.15, 0.2) is 0 Å². The summed E-state index contributed by atoms with van der Waals surface area (Å²) in [6.45, 7) is 10.4. The normalized spacial score (nSPS) is 33.6. The highest BCUT2D eigenvalue weighted by atomic mass is 79.9. The van der Waals surface area contributed by atoms with E-state index in [0.29, 0.717) is 18.3 Å². The molecule has 1 aromatic heterocycles. The highest BCUT2D eigenvalue weighted by Crippen LogP contribution is 2.43. The van der Waals surface area contributed by atoms with E-state index in [0.717, 1.165) is 42.3 Å². The van der Waals surface area contributed by atoms with Gasteiger partial charge in [-0.2, -0.15) is 0 Å². The van der Waals surface area contributed by atoms with Gasteiger partial charge in [-0.25, -0.2) is 9.69 Å². The van der Waals surface area contributed by atoms with Gasteiger partial charge in [0.1, 0.15) is 13.7 Å². The highest BCUT2D eigenvalue weighted by molar-refractivity contribution is 9.10. The van der Waals surface area contributed by atoms with E-state index in [1.807, 2.05) is 6.07 Å². The molecule has 1 aromatic rings. The molecule has 4 aliphatic heterocycles. The molecule has 5 rings (SSSR count). The molecular formula is C16H23BrN2O3Si. The number of piperidine rings is 3. The summed E-state index contributed by atoms with van der Waals surface area (Å²) in [5, 5.41) is 0.996. The second kappa shape index (κ2) is 5.10. The number of fused-ring (bicyclic) bond motifs is 2. The van der Waals surface area contributed by atoms with Gasteiger partial charge in [-0.1, -0.05) is 19.6 Å². The maximum Gasteiger partial charge on any atom is 0.417 e. The van der Waals surface area contributed by atoms with Gasteiger partial charge in [0, 0.05) is 18.5 Å². The molecule has 0 radical (unpaired) electrons. The summed E-state index contributed by atoms with van der Waals surface area (Å²) in [4.78, 5) is 16.6. The monoisotopic (exact) mass is 398 g/mol. The number of anilines is 1. The number of ether oxygens (including phenoxy) is 1. The molecule has 1 amide bonds. The maximum atomic E-state index is 12.5. The van der Waals surface area contributed by atoms with Crippen molar-refractivity contribution in [1.82, 2.24) is 4.90 Å². The van der Waals surface area contributed by atoms with E-state index in [4.69, 9.17) is 9.15 Å². The molecule has 0 N–H and O–H groups in total. The van der Waals surface area contributed by atoms with Gasteiger partial charge in [-0.3, -0.25) is 4.90 Å². The fourth-order valence-electron chi connectivity index (χ4n) is 4.18. The van der Waals surface area contributed by atoms with Crippen molar-refractivity contribution in [2.24, 2.45) is 5.92 Å². The number of amides is 1. The number of furan rings is 1. The molecule has 0 aliphatic carbocycles. The number of rotatable bonds is 2. The Morgan fingerprint density at radius 2 is 1.96 bits per heavy atom. The molecule has 0 aromatic carbocycles. The predicted octanol–water partition coefficient (Wildman–Crippen LogP) is 3.01. The lowest BCUT2D eigenvalue weighted by Gasteiger charge is -2.49. The van der Waals surface area contributed by atoms with Crippen LogP contribution in [0.1, 0.15) is 12.8 Å². The largest absolute Gasteiger partial charge is 0.449 e. The molecule has 1 atom stereocenters. The zero-order chi connectivity index (χ0) is 16.4. The fraction of sp³-hybridized carbons (Fsp3) is 0.688. The maximum absolute atomic E-state index is 12.5. The summed E-state index contributed by atoms with van der Waals surface area (Å²) in [5.74, 6) is 1.10. The molecule has 7 heteroatoms. The van der Waals surface area contributed by atoms with Crippen molar-refractivity contribution < 1.29 is 13.9 Å². The van der Waals surface area contributed by atoms with Crippen molar-refractivity contribution in [2.75, 3.05) is 31.1 Å². The van der Waals surface area contributed by atoms with Crippen LogP contribution in [-0.4, -0.2) is 50.8 Å². The molecule has 126 valence electrons. The molecule has 2 bridgehead atoms. The van der Waals surface area contributed by atoms with Crippen LogP contribution in [0.5, 0.6) is 0 Å². The van der Waals surface area contributed by atoms with E-state index < -0.39 is 8.07 Å². The zero-order valence-electron chi connectivity index (χ0n) is 13.9. The summed E-state index contributed by atoms with van der Waals surface area (Å²) in [6, 6.07) is 1.93. The van der Waals surface area contributed by atoms with E-state index in [9.17, 15) is 4.79 Å². The Kier molecular flexibility index (Phi) is 3.49. The number of hydrogen-bond donors (Lipinski definition) is 0. The zero-order valence-corrected chi connectivity index (χ0v) is 16.5. The van der Waals surface area contributed by atoms with E-state index in [1.54, 1.807) is 4.90 Å². The third-order valence-corrected chi connectivity index (χ3v) is 8.07. The van der Waals surface area contributed by atoms with Crippen LogP contribution in [0, 0.1) is 5.92 Å². The van der Waals surface area contributed by atoms with Crippen LogP contribution < -0.4 is 10.3 Å². The smallest absolute Gasteiger partial charge is 0.417 e. The molecule has 5 heterocycles. The first-order valence-electron chi connectivity index (χ1n) is 8.31. The topological polar surface area (TPSA) is 45.9 Å². The molecule has 0 saturated carbocycles. The average molecular weight is 399 g/mol. The van der Waals surface area contributed by atoms with Crippen molar-refractivity contribution in [3.63, 3.8) is 0 Å². The number of hydrogen-bond acceptors (Lipinski definition) is 4. The van der Waals surface area contributed by atoms with Gasteiger partial charge in [0.25, 0.3) is 0 Å². The third kappa shape index (κ3) is 2.48. The van der Waals surface area contributed by atoms with Crippen LogP contribution in [0.4, 0.5) is 10.7 Å². The Morgan fingerprint density at radius 1 is 1.26 bits per heavy atom. The Hall–Kier alpha value is -0.793. The van der Waals surface area contributed by atoms with Crippen molar-refractivity contribution in [2.45, 2.75) is 38.1 Å².